The maximum Gasteiger partial charge on any atom is 0.333 e. The van der Waals surface area contributed by atoms with Crippen LogP contribution in [-0.4, -0.2) is 24.1 Å². The van der Waals surface area contributed by atoms with Crippen molar-refractivity contribution in [1.82, 2.24) is 0 Å². The Balaban J connectivity index is 0. The lowest BCUT2D eigenvalue weighted by Crippen LogP contribution is -2.23. The van der Waals surface area contributed by atoms with Gasteiger partial charge in [-0.25, -0.2) is 9.59 Å². The lowest BCUT2D eigenvalue weighted by Gasteiger charge is -2.19. The molecule has 0 aromatic rings. The second-order valence-electron chi connectivity index (χ2n) is 5.91. The minimum absolute atomic E-state index is 0.277. The number of esters is 2. The summed E-state index contributed by atoms with van der Waals surface area (Å²) in [5.41, 5.74) is 0.507. The summed E-state index contributed by atoms with van der Waals surface area (Å²) in [7, 11) is 0. The van der Waals surface area contributed by atoms with Crippen molar-refractivity contribution in [1.29, 1.82) is 0 Å². The molecule has 0 bridgehead atoms. The highest BCUT2D eigenvalue weighted by atomic mass is 16.6. The van der Waals surface area contributed by atoms with Gasteiger partial charge >= 0.3 is 11.9 Å². The molecule has 0 atom stereocenters. The van der Waals surface area contributed by atoms with E-state index in [1.165, 1.54) is 0 Å². The third-order valence-corrected chi connectivity index (χ3v) is 2.08. The van der Waals surface area contributed by atoms with Gasteiger partial charge in [-0.05, 0) is 41.0 Å². The van der Waals surface area contributed by atoms with Gasteiger partial charge in [0.1, 0.15) is 5.60 Å². The molecule has 0 aliphatic heterocycles. The normalized spacial score (nSPS) is 10.0. The summed E-state index contributed by atoms with van der Waals surface area (Å²) in [6.45, 7) is 18.4. The zero-order valence-electron chi connectivity index (χ0n) is 14.4. The van der Waals surface area contributed by atoms with Crippen molar-refractivity contribution in [2.45, 2.75) is 66.4 Å². The van der Waals surface area contributed by atoms with E-state index in [-0.39, 0.29) is 11.9 Å². The van der Waals surface area contributed by atoms with E-state index in [0.717, 1.165) is 19.3 Å². The number of ether oxygens (including phenoxy) is 2. The van der Waals surface area contributed by atoms with Gasteiger partial charge in [-0.2, -0.15) is 0 Å². The van der Waals surface area contributed by atoms with Crippen molar-refractivity contribution >= 4 is 11.9 Å². The molecule has 0 fully saturated rings. The monoisotopic (exact) mass is 298 g/mol. The van der Waals surface area contributed by atoms with Crippen molar-refractivity contribution < 1.29 is 19.1 Å². The minimum atomic E-state index is -0.407. The number of unbranched alkanes of at least 4 members (excludes halogenated alkanes) is 2. The van der Waals surface area contributed by atoms with Crippen molar-refractivity contribution in [3.05, 3.63) is 24.3 Å². The summed E-state index contributed by atoms with van der Waals surface area (Å²) in [6.07, 6.45) is 3.21. The molecule has 0 amide bonds. The van der Waals surface area contributed by atoms with Crippen LogP contribution in [-0.2, 0) is 19.1 Å². The zero-order valence-corrected chi connectivity index (χ0v) is 14.4. The largest absolute Gasteiger partial charge is 0.462 e. The van der Waals surface area contributed by atoms with Crippen LogP contribution in [0.3, 0.4) is 0 Å². The van der Waals surface area contributed by atoms with Gasteiger partial charge in [-0.3, -0.25) is 0 Å². The van der Waals surface area contributed by atoms with Gasteiger partial charge in [-0.15, -0.1) is 0 Å². The molecule has 0 aliphatic carbocycles. The first-order valence-electron chi connectivity index (χ1n) is 7.22. The fourth-order valence-corrected chi connectivity index (χ4v) is 1.01. The fourth-order valence-electron chi connectivity index (χ4n) is 1.01. The Morgan fingerprint density at radius 3 is 1.71 bits per heavy atom. The average Bonchev–Trinajstić information content (AvgIpc) is 2.32. The van der Waals surface area contributed by atoms with Crippen LogP contribution in [0, 0.1) is 0 Å². The Morgan fingerprint density at radius 1 is 0.952 bits per heavy atom. The van der Waals surface area contributed by atoms with Crippen LogP contribution in [0.2, 0.25) is 0 Å². The highest BCUT2D eigenvalue weighted by Gasteiger charge is 2.15. The molecule has 0 radical (unpaired) electrons. The molecule has 0 saturated heterocycles. The first kappa shape index (κ1) is 21.7. The lowest BCUT2D eigenvalue weighted by atomic mass is 10.2. The van der Waals surface area contributed by atoms with Crippen molar-refractivity contribution in [3.63, 3.8) is 0 Å². The van der Waals surface area contributed by atoms with Crippen LogP contribution in [0.25, 0.3) is 0 Å². The number of hydrogen-bond donors (Lipinski definition) is 0. The van der Waals surface area contributed by atoms with Gasteiger partial charge in [0.15, 0.2) is 0 Å². The summed E-state index contributed by atoms with van der Waals surface area (Å²) >= 11 is 0. The molecule has 0 N–H and O–H groups in total. The summed E-state index contributed by atoms with van der Waals surface area (Å²) < 4.78 is 9.83. The molecule has 0 spiro atoms. The van der Waals surface area contributed by atoms with Crippen molar-refractivity contribution in [2.24, 2.45) is 0 Å². The Bertz CT molecular complexity index is 361. The van der Waals surface area contributed by atoms with E-state index in [2.05, 4.69) is 20.1 Å². The summed E-state index contributed by atoms with van der Waals surface area (Å²) in [6, 6.07) is 0. The number of carbonyl (C=O) groups excluding carboxylic acids is 2. The van der Waals surface area contributed by atoms with Gasteiger partial charge < -0.3 is 9.47 Å². The highest BCUT2D eigenvalue weighted by Crippen LogP contribution is 2.09. The van der Waals surface area contributed by atoms with Gasteiger partial charge in [0.25, 0.3) is 0 Å². The van der Waals surface area contributed by atoms with Crippen LogP contribution < -0.4 is 0 Å². The van der Waals surface area contributed by atoms with Gasteiger partial charge in [-0.1, -0.05) is 32.9 Å². The second-order valence-corrected chi connectivity index (χ2v) is 5.91. The number of rotatable bonds is 6. The summed E-state index contributed by atoms with van der Waals surface area (Å²) in [4.78, 5) is 21.6. The lowest BCUT2D eigenvalue weighted by molar-refractivity contribution is -0.149. The molecule has 4 heteroatoms. The molecular formula is C17H30O4. The van der Waals surface area contributed by atoms with E-state index >= 15 is 0 Å². The molecule has 0 heterocycles. The van der Waals surface area contributed by atoms with E-state index in [0.29, 0.717) is 17.8 Å². The molecule has 0 saturated carbocycles. The van der Waals surface area contributed by atoms with Gasteiger partial charge in [0.2, 0.25) is 0 Å². The predicted molar refractivity (Wildman–Crippen MR) is 86.0 cm³/mol. The van der Waals surface area contributed by atoms with Crippen molar-refractivity contribution in [2.75, 3.05) is 6.61 Å². The molecule has 0 unspecified atom stereocenters. The smallest absolute Gasteiger partial charge is 0.333 e. The van der Waals surface area contributed by atoms with E-state index in [9.17, 15) is 9.59 Å². The first-order valence-corrected chi connectivity index (χ1v) is 7.22. The van der Waals surface area contributed by atoms with Crippen LogP contribution in [0.1, 0.15) is 60.8 Å². The van der Waals surface area contributed by atoms with Crippen LogP contribution in [0.4, 0.5) is 0 Å². The highest BCUT2D eigenvalue weighted by molar-refractivity contribution is 5.87. The molecule has 4 nitrogen and oxygen atoms in total. The van der Waals surface area contributed by atoms with Crippen LogP contribution >= 0.6 is 0 Å². The molecule has 122 valence electrons. The third-order valence-electron chi connectivity index (χ3n) is 2.08. The van der Waals surface area contributed by atoms with E-state index in [4.69, 9.17) is 9.47 Å². The van der Waals surface area contributed by atoms with E-state index < -0.39 is 5.60 Å². The second kappa shape index (κ2) is 11.1. The maximum atomic E-state index is 10.8. The number of hydrogen-bond acceptors (Lipinski definition) is 4. The first-order chi connectivity index (χ1) is 9.51. The molecule has 0 aromatic carbocycles. The van der Waals surface area contributed by atoms with Gasteiger partial charge in [0, 0.05) is 11.1 Å². The Labute approximate surface area is 129 Å². The predicted octanol–water partition coefficient (Wildman–Crippen LogP) is 4.20. The topological polar surface area (TPSA) is 52.6 Å². The van der Waals surface area contributed by atoms with E-state index in [1.54, 1.807) is 13.8 Å². The van der Waals surface area contributed by atoms with E-state index in [1.807, 2.05) is 20.8 Å². The number of carbonyl (C=O) groups is 2. The zero-order chi connectivity index (χ0) is 17.1. The van der Waals surface area contributed by atoms with Crippen LogP contribution in [0.15, 0.2) is 24.3 Å². The maximum absolute atomic E-state index is 10.8. The fraction of sp³-hybridized carbons (Fsp3) is 0.647. The molecular weight excluding hydrogens is 268 g/mol. The molecule has 21 heavy (non-hydrogen) atoms. The molecule has 0 aliphatic rings. The minimum Gasteiger partial charge on any atom is -0.462 e. The third kappa shape index (κ3) is 16.4. The Morgan fingerprint density at radius 2 is 1.43 bits per heavy atom. The Hall–Kier alpha value is -1.58. The Kier molecular flexibility index (Phi) is 11.5. The average molecular weight is 298 g/mol. The van der Waals surface area contributed by atoms with Gasteiger partial charge in [0.05, 0.1) is 6.61 Å². The SMILES string of the molecule is C=C(C)C(=O)OC(C)(C)C.C=C(C)C(=O)OCCCCC. The summed E-state index contributed by atoms with van der Waals surface area (Å²) in [5, 5.41) is 0. The quantitative estimate of drug-likeness (QED) is 0.419. The molecule has 0 aromatic heterocycles. The standard InChI is InChI=1S/C9H16O2.C8H14O2/c1-4-5-6-7-11-9(10)8(2)3;1-6(2)7(9)10-8(3,4)5/h2,4-7H2,1,3H3;1H2,2-5H3. The van der Waals surface area contributed by atoms with Crippen molar-refractivity contribution in [3.8, 4) is 0 Å². The molecule has 0 rings (SSSR count). The summed E-state index contributed by atoms with van der Waals surface area (Å²) in [5.74, 6) is -0.603. The van der Waals surface area contributed by atoms with Crippen LogP contribution in [0.5, 0.6) is 0 Å².